The average molecular weight is 344 g/mol. The van der Waals surface area contributed by atoms with Gasteiger partial charge in [-0.1, -0.05) is 0 Å². The van der Waals surface area contributed by atoms with E-state index in [1.807, 2.05) is 4.90 Å². The molecule has 1 N–H and O–H groups in total. The number of halogens is 1. The second kappa shape index (κ2) is 5.01. The van der Waals surface area contributed by atoms with Crippen LogP contribution in [0.4, 0.5) is 10.2 Å². The van der Waals surface area contributed by atoms with Crippen LogP contribution in [0.2, 0.25) is 0 Å². The predicted octanol–water partition coefficient (Wildman–Crippen LogP) is 1.07. The Labute approximate surface area is 142 Å². The van der Waals surface area contributed by atoms with Gasteiger partial charge < -0.3 is 14.6 Å². The number of fused-ring (bicyclic) bond motifs is 3. The third-order valence-electron chi connectivity index (χ3n) is 5.42. The molecule has 2 bridgehead atoms. The van der Waals surface area contributed by atoms with E-state index in [9.17, 15) is 19.1 Å². The van der Waals surface area contributed by atoms with E-state index in [1.54, 1.807) is 4.57 Å². The zero-order chi connectivity index (χ0) is 17.3. The molecule has 0 aromatic carbocycles. The van der Waals surface area contributed by atoms with Crippen LogP contribution in [0.25, 0.3) is 11.0 Å². The van der Waals surface area contributed by atoms with Gasteiger partial charge in [0, 0.05) is 38.4 Å². The van der Waals surface area contributed by atoms with Crippen molar-refractivity contribution in [3.63, 3.8) is 0 Å². The number of carboxylic acid groups (broad SMARTS) is 1. The van der Waals surface area contributed by atoms with Crippen LogP contribution in [0.5, 0.6) is 0 Å². The molecule has 0 spiro atoms. The molecule has 4 fully saturated rings. The monoisotopic (exact) mass is 344 g/mol. The van der Waals surface area contributed by atoms with Crippen LogP contribution in [-0.2, 0) is 0 Å². The Hall–Kier alpha value is -2.48. The highest BCUT2D eigenvalue weighted by Gasteiger charge is 2.38. The first kappa shape index (κ1) is 14.8. The standard InChI is InChI=1S/C17H17FN4O3/c18-13-5-11-14(23)12(17(24)25)8-22(9-1-2-9)15(11)19-16(13)21-4-3-20-6-10(21)7-20/h5,8-10H,1-4,6-7H2,(H,24,25). The van der Waals surface area contributed by atoms with Gasteiger partial charge in [0.15, 0.2) is 11.6 Å². The van der Waals surface area contributed by atoms with Gasteiger partial charge in [-0.25, -0.2) is 14.2 Å². The molecular formula is C17H17FN4O3. The summed E-state index contributed by atoms with van der Waals surface area (Å²) in [5.74, 6) is -1.58. The second-order valence-electron chi connectivity index (χ2n) is 7.09. The molecule has 2 aromatic rings. The molecule has 7 nitrogen and oxygen atoms in total. The Kier molecular flexibility index (Phi) is 2.97. The summed E-state index contributed by atoms with van der Waals surface area (Å²) in [7, 11) is 0. The fraction of sp³-hybridized carbons (Fsp3) is 0.471. The maximum absolute atomic E-state index is 14.7. The highest BCUT2D eigenvalue weighted by Crippen LogP contribution is 2.37. The van der Waals surface area contributed by atoms with E-state index in [1.165, 1.54) is 6.20 Å². The first-order valence-corrected chi connectivity index (χ1v) is 8.50. The Balaban J connectivity index is 1.73. The molecule has 4 aliphatic rings. The Morgan fingerprint density at radius 1 is 1.24 bits per heavy atom. The molecule has 0 radical (unpaired) electrons. The van der Waals surface area contributed by atoms with Crippen molar-refractivity contribution in [2.45, 2.75) is 24.9 Å². The quantitative estimate of drug-likeness (QED) is 0.897. The third kappa shape index (κ3) is 2.17. The number of carboxylic acids is 1. The molecule has 130 valence electrons. The maximum atomic E-state index is 14.7. The summed E-state index contributed by atoms with van der Waals surface area (Å²) >= 11 is 0. The van der Waals surface area contributed by atoms with Gasteiger partial charge in [-0.3, -0.25) is 9.69 Å². The summed E-state index contributed by atoms with van der Waals surface area (Å²) < 4.78 is 16.5. The van der Waals surface area contributed by atoms with Crippen molar-refractivity contribution in [2.24, 2.45) is 0 Å². The normalized spacial score (nSPS) is 25.1. The zero-order valence-electron chi connectivity index (χ0n) is 13.5. The van der Waals surface area contributed by atoms with Crippen molar-refractivity contribution in [1.29, 1.82) is 0 Å². The number of anilines is 1. The SMILES string of the molecule is O=C(O)c1cn(C2CC2)c2nc(N3CCN4CC3C4)c(F)cc2c1=O. The van der Waals surface area contributed by atoms with E-state index in [0.29, 0.717) is 12.2 Å². The number of carbonyl (C=O) groups is 1. The minimum absolute atomic E-state index is 0.0419. The van der Waals surface area contributed by atoms with Crippen molar-refractivity contribution >= 4 is 22.8 Å². The molecule has 2 aromatic heterocycles. The molecule has 3 aliphatic heterocycles. The topological polar surface area (TPSA) is 78.7 Å². The lowest BCUT2D eigenvalue weighted by molar-refractivity contribution is 0.0695. The fourth-order valence-electron chi connectivity index (χ4n) is 3.86. The van der Waals surface area contributed by atoms with Crippen molar-refractivity contribution < 1.29 is 14.3 Å². The second-order valence-corrected chi connectivity index (χ2v) is 7.09. The highest BCUT2D eigenvalue weighted by molar-refractivity contribution is 5.92. The third-order valence-corrected chi connectivity index (χ3v) is 5.42. The van der Waals surface area contributed by atoms with Crippen LogP contribution >= 0.6 is 0 Å². The molecule has 3 saturated heterocycles. The molecule has 0 atom stereocenters. The van der Waals surface area contributed by atoms with E-state index in [0.717, 1.165) is 38.5 Å². The Bertz CT molecular complexity index is 960. The molecule has 5 heterocycles. The average Bonchev–Trinajstić information content (AvgIpc) is 3.39. The predicted molar refractivity (Wildman–Crippen MR) is 88.8 cm³/mol. The first-order valence-electron chi connectivity index (χ1n) is 8.50. The molecule has 0 unspecified atom stereocenters. The Morgan fingerprint density at radius 3 is 2.60 bits per heavy atom. The number of piperazine rings is 2. The van der Waals surface area contributed by atoms with E-state index in [2.05, 4.69) is 9.88 Å². The molecule has 25 heavy (non-hydrogen) atoms. The van der Waals surface area contributed by atoms with Gasteiger partial charge in [0.05, 0.1) is 11.4 Å². The van der Waals surface area contributed by atoms with Crippen LogP contribution in [0, 0.1) is 5.82 Å². The summed E-state index contributed by atoms with van der Waals surface area (Å²) in [6.45, 7) is 3.41. The van der Waals surface area contributed by atoms with Gasteiger partial charge in [-0.05, 0) is 18.9 Å². The van der Waals surface area contributed by atoms with E-state index in [4.69, 9.17) is 0 Å². The van der Waals surface area contributed by atoms with Crippen molar-refractivity contribution in [3.8, 4) is 0 Å². The van der Waals surface area contributed by atoms with Crippen molar-refractivity contribution in [2.75, 3.05) is 31.1 Å². The highest BCUT2D eigenvalue weighted by atomic mass is 19.1. The number of rotatable bonds is 3. The first-order chi connectivity index (χ1) is 12.0. The molecule has 8 heteroatoms. The lowest BCUT2D eigenvalue weighted by Gasteiger charge is -2.51. The molecular weight excluding hydrogens is 327 g/mol. The van der Waals surface area contributed by atoms with E-state index < -0.39 is 17.2 Å². The number of hydrogen-bond donors (Lipinski definition) is 1. The Morgan fingerprint density at radius 2 is 2.00 bits per heavy atom. The number of nitrogens with zero attached hydrogens (tertiary/aromatic N) is 4. The van der Waals surface area contributed by atoms with Crippen LogP contribution in [0.15, 0.2) is 17.1 Å². The molecule has 0 amide bonds. The summed E-state index contributed by atoms with van der Waals surface area (Å²) in [5.41, 5.74) is -0.623. The van der Waals surface area contributed by atoms with Crippen molar-refractivity contribution in [1.82, 2.24) is 14.5 Å². The minimum Gasteiger partial charge on any atom is -0.477 e. The molecule has 1 saturated carbocycles. The molecule has 1 aliphatic carbocycles. The maximum Gasteiger partial charge on any atom is 0.341 e. The van der Waals surface area contributed by atoms with Gasteiger partial charge in [0.25, 0.3) is 0 Å². The largest absolute Gasteiger partial charge is 0.477 e. The van der Waals surface area contributed by atoms with Gasteiger partial charge in [-0.2, -0.15) is 0 Å². The lowest BCUT2D eigenvalue weighted by atomic mass is 10.0. The van der Waals surface area contributed by atoms with E-state index >= 15 is 0 Å². The number of hydrogen-bond acceptors (Lipinski definition) is 5. The number of aromatic carboxylic acids is 1. The van der Waals surface area contributed by atoms with Gasteiger partial charge in [-0.15, -0.1) is 0 Å². The number of pyridine rings is 2. The van der Waals surface area contributed by atoms with Gasteiger partial charge in [0.1, 0.15) is 11.2 Å². The van der Waals surface area contributed by atoms with E-state index in [-0.39, 0.29) is 28.9 Å². The van der Waals surface area contributed by atoms with Gasteiger partial charge >= 0.3 is 5.97 Å². The van der Waals surface area contributed by atoms with Crippen LogP contribution in [-0.4, -0.2) is 57.7 Å². The van der Waals surface area contributed by atoms with Crippen LogP contribution in [0.1, 0.15) is 29.2 Å². The fourth-order valence-corrected chi connectivity index (χ4v) is 3.86. The summed E-state index contributed by atoms with van der Waals surface area (Å²) in [5, 5.41) is 9.32. The minimum atomic E-state index is -1.30. The lowest BCUT2D eigenvalue weighted by Crippen LogP contribution is -2.67. The molecule has 6 rings (SSSR count). The van der Waals surface area contributed by atoms with Crippen LogP contribution in [0.3, 0.4) is 0 Å². The zero-order valence-corrected chi connectivity index (χ0v) is 13.5. The summed E-state index contributed by atoms with van der Waals surface area (Å²) in [4.78, 5) is 32.6. The van der Waals surface area contributed by atoms with Crippen molar-refractivity contribution in [3.05, 3.63) is 33.9 Å². The van der Waals surface area contributed by atoms with Gasteiger partial charge in [0.2, 0.25) is 5.43 Å². The summed E-state index contributed by atoms with van der Waals surface area (Å²) in [6, 6.07) is 1.55. The number of aromatic nitrogens is 2. The van der Waals surface area contributed by atoms with Crippen LogP contribution < -0.4 is 10.3 Å². The smallest absolute Gasteiger partial charge is 0.341 e. The summed E-state index contributed by atoms with van der Waals surface area (Å²) in [6.07, 6.45) is 3.18.